The summed E-state index contributed by atoms with van der Waals surface area (Å²) in [6, 6.07) is 8.06. The first-order chi connectivity index (χ1) is 13.0. The standard InChI is InChI=1S/C21H31N3O3/c1-23(2)21(26)17-10-12-24(13-11-17)14-19(25)22-20(15-4-5-15)16-6-8-18(27-3)9-7-16/h6-9,15,17,20H,4-5,10-14H2,1-3H3,(H,22,25). The van der Waals surface area contributed by atoms with Gasteiger partial charge in [0.15, 0.2) is 0 Å². The molecule has 1 heterocycles. The molecule has 1 aromatic carbocycles. The van der Waals surface area contributed by atoms with Crippen LogP contribution >= 0.6 is 0 Å². The van der Waals surface area contributed by atoms with Crippen molar-refractivity contribution in [3.63, 3.8) is 0 Å². The molecular weight excluding hydrogens is 342 g/mol. The molecule has 2 fully saturated rings. The molecule has 1 aromatic rings. The van der Waals surface area contributed by atoms with Crippen LogP contribution in [0.15, 0.2) is 24.3 Å². The molecule has 1 atom stereocenters. The number of hydrogen-bond donors (Lipinski definition) is 1. The van der Waals surface area contributed by atoms with E-state index in [0.29, 0.717) is 12.5 Å². The molecule has 148 valence electrons. The molecule has 1 N–H and O–H groups in total. The lowest BCUT2D eigenvalue weighted by molar-refractivity contribution is -0.134. The van der Waals surface area contributed by atoms with E-state index in [0.717, 1.165) is 50.1 Å². The zero-order valence-corrected chi connectivity index (χ0v) is 16.6. The summed E-state index contributed by atoms with van der Waals surface area (Å²) in [7, 11) is 5.27. The van der Waals surface area contributed by atoms with E-state index in [2.05, 4.69) is 10.2 Å². The van der Waals surface area contributed by atoms with E-state index < -0.39 is 0 Å². The fourth-order valence-electron chi connectivity index (χ4n) is 3.84. The highest BCUT2D eigenvalue weighted by molar-refractivity contribution is 5.79. The Morgan fingerprint density at radius 2 is 1.78 bits per heavy atom. The zero-order valence-electron chi connectivity index (χ0n) is 16.6. The Bertz CT molecular complexity index is 647. The third-order valence-electron chi connectivity index (χ3n) is 5.63. The third kappa shape index (κ3) is 5.22. The van der Waals surface area contributed by atoms with Crippen LogP contribution in [-0.2, 0) is 9.59 Å². The summed E-state index contributed by atoms with van der Waals surface area (Å²) in [6.45, 7) is 2.00. The number of piperidine rings is 1. The number of carbonyl (C=O) groups excluding carboxylic acids is 2. The normalized spacial score (nSPS) is 19.4. The zero-order chi connectivity index (χ0) is 19.4. The number of carbonyl (C=O) groups is 2. The summed E-state index contributed by atoms with van der Waals surface area (Å²) < 4.78 is 5.23. The fraction of sp³-hybridized carbons (Fsp3) is 0.619. The molecule has 6 nitrogen and oxygen atoms in total. The van der Waals surface area contributed by atoms with Crippen LogP contribution in [0.5, 0.6) is 5.75 Å². The van der Waals surface area contributed by atoms with E-state index in [1.807, 2.05) is 24.3 Å². The summed E-state index contributed by atoms with van der Waals surface area (Å²) >= 11 is 0. The Balaban J connectivity index is 1.51. The lowest BCUT2D eigenvalue weighted by atomic mass is 9.95. The van der Waals surface area contributed by atoms with Crippen molar-refractivity contribution in [2.45, 2.75) is 31.7 Å². The highest BCUT2D eigenvalue weighted by Crippen LogP contribution is 2.41. The van der Waals surface area contributed by atoms with Gasteiger partial charge < -0.3 is 15.0 Å². The molecule has 1 unspecified atom stereocenters. The molecule has 1 aliphatic heterocycles. The smallest absolute Gasteiger partial charge is 0.234 e. The molecule has 1 saturated carbocycles. The van der Waals surface area contributed by atoms with Crippen molar-refractivity contribution in [2.24, 2.45) is 11.8 Å². The van der Waals surface area contributed by atoms with Crippen molar-refractivity contribution in [1.29, 1.82) is 0 Å². The van der Waals surface area contributed by atoms with E-state index in [1.54, 1.807) is 26.1 Å². The van der Waals surface area contributed by atoms with Gasteiger partial charge in [-0.3, -0.25) is 14.5 Å². The number of nitrogens with zero attached hydrogens (tertiary/aromatic N) is 2. The van der Waals surface area contributed by atoms with Gasteiger partial charge in [0.2, 0.25) is 11.8 Å². The van der Waals surface area contributed by atoms with Gasteiger partial charge in [-0.15, -0.1) is 0 Å². The molecule has 1 aliphatic carbocycles. The molecule has 6 heteroatoms. The maximum Gasteiger partial charge on any atom is 0.234 e. The Morgan fingerprint density at radius 3 is 2.30 bits per heavy atom. The number of hydrogen-bond acceptors (Lipinski definition) is 4. The lowest BCUT2D eigenvalue weighted by Gasteiger charge is -2.32. The highest BCUT2D eigenvalue weighted by atomic mass is 16.5. The van der Waals surface area contributed by atoms with Crippen LogP contribution in [0.3, 0.4) is 0 Å². The summed E-state index contributed by atoms with van der Waals surface area (Å²) in [5.41, 5.74) is 1.14. The van der Waals surface area contributed by atoms with Crippen LogP contribution in [0.1, 0.15) is 37.3 Å². The minimum absolute atomic E-state index is 0.0695. The predicted octanol–water partition coefficient (Wildman–Crippen LogP) is 2.06. The molecule has 0 spiro atoms. The van der Waals surface area contributed by atoms with Crippen LogP contribution < -0.4 is 10.1 Å². The Kier molecular flexibility index (Phi) is 6.37. The Labute approximate surface area is 161 Å². The highest BCUT2D eigenvalue weighted by Gasteiger charge is 2.34. The molecule has 2 aliphatic rings. The van der Waals surface area contributed by atoms with Crippen molar-refractivity contribution in [3.05, 3.63) is 29.8 Å². The van der Waals surface area contributed by atoms with Crippen LogP contribution in [0.2, 0.25) is 0 Å². The van der Waals surface area contributed by atoms with Crippen molar-refractivity contribution in [2.75, 3.05) is 40.8 Å². The SMILES string of the molecule is COc1ccc(C(NC(=O)CN2CCC(C(=O)N(C)C)CC2)C2CC2)cc1. The largest absolute Gasteiger partial charge is 0.497 e. The first kappa shape index (κ1) is 19.7. The van der Waals surface area contributed by atoms with Gasteiger partial charge in [-0.25, -0.2) is 0 Å². The fourth-order valence-corrected chi connectivity index (χ4v) is 3.84. The number of amides is 2. The summed E-state index contributed by atoms with van der Waals surface area (Å²) in [5.74, 6) is 1.73. The van der Waals surface area contributed by atoms with Gasteiger partial charge in [-0.05, 0) is 62.4 Å². The first-order valence-corrected chi connectivity index (χ1v) is 9.84. The molecular formula is C21H31N3O3. The Hall–Kier alpha value is -2.08. The average molecular weight is 373 g/mol. The van der Waals surface area contributed by atoms with Crippen LogP contribution in [0.25, 0.3) is 0 Å². The van der Waals surface area contributed by atoms with Gasteiger partial charge in [-0.1, -0.05) is 12.1 Å². The molecule has 0 radical (unpaired) electrons. The van der Waals surface area contributed by atoms with E-state index in [4.69, 9.17) is 4.74 Å². The number of ether oxygens (including phenoxy) is 1. The van der Waals surface area contributed by atoms with Crippen LogP contribution in [-0.4, -0.2) is 62.5 Å². The van der Waals surface area contributed by atoms with E-state index in [9.17, 15) is 9.59 Å². The maximum absolute atomic E-state index is 12.6. The van der Waals surface area contributed by atoms with Crippen molar-refractivity contribution in [1.82, 2.24) is 15.1 Å². The number of methoxy groups -OCH3 is 1. The second kappa shape index (κ2) is 8.74. The van der Waals surface area contributed by atoms with Crippen LogP contribution in [0, 0.1) is 11.8 Å². The third-order valence-corrected chi connectivity index (χ3v) is 5.63. The van der Waals surface area contributed by atoms with E-state index >= 15 is 0 Å². The monoisotopic (exact) mass is 373 g/mol. The van der Waals surface area contributed by atoms with Gasteiger partial charge in [0.1, 0.15) is 5.75 Å². The lowest BCUT2D eigenvalue weighted by Crippen LogP contribution is -2.45. The molecule has 0 bridgehead atoms. The first-order valence-electron chi connectivity index (χ1n) is 9.84. The molecule has 2 amide bonds. The Morgan fingerprint density at radius 1 is 1.15 bits per heavy atom. The minimum Gasteiger partial charge on any atom is -0.497 e. The molecule has 0 aromatic heterocycles. The van der Waals surface area contributed by atoms with Crippen molar-refractivity contribution < 1.29 is 14.3 Å². The molecule has 3 rings (SSSR count). The number of rotatable bonds is 7. The van der Waals surface area contributed by atoms with Crippen LogP contribution in [0.4, 0.5) is 0 Å². The van der Waals surface area contributed by atoms with Gasteiger partial charge in [0.05, 0.1) is 19.7 Å². The van der Waals surface area contributed by atoms with E-state index in [1.165, 1.54) is 0 Å². The van der Waals surface area contributed by atoms with Gasteiger partial charge >= 0.3 is 0 Å². The number of likely N-dealkylation sites (tertiary alicyclic amines) is 1. The number of benzene rings is 1. The minimum atomic E-state index is 0.0695. The molecule has 27 heavy (non-hydrogen) atoms. The maximum atomic E-state index is 12.6. The average Bonchev–Trinajstić information content (AvgIpc) is 3.51. The second-order valence-electron chi connectivity index (χ2n) is 7.94. The van der Waals surface area contributed by atoms with Gasteiger partial charge in [-0.2, -0.15) is 0 Å². The van der Waals surface area contributed by atoms with Gasteiger partial charge in [0.25, 0.3) is 0 Å². The van der Waals surface area contributed by atoms with Gasteiger partial charge in [0, 0.05) is 20.0 Å². The number of nitrogens with one attached hydrogen (secondary N) is 1. The molecule has 1 saturated heterocycles. The quantitative estimate of drug-likeness (QED) is 0.795. The van der Waals surface area contributed by atoms with Crippen molar-refractivity contribution in [3.8, 4) is 5.75 Å². The summed E-state index contributed by atoms with van der Waals surface area (Å²) in [5, 5.41) is 3.24. The topological polar surface area (TPSA) is 61.9 Å². The van der Waals surface area contributed by atoms with E-state index in [-0.39, 0.29) is 23.8 Å². The second-order valence-corrected chi connectivity index (χ2v) is 7.94. The summed E-state index contributed by atoms with van der Waals surface area (Å²) in [4.78, 5) is 28.5. The predicted molar refractivity (Wildman–Crippen MR) is 104 cm³/mol. The summed E-state index contributed by atoms with van der Waals surface area (Å²) in [6.07, 6.45) is 3.98. The van der Waals surface area contributed by atoms with Crippen molar-refractivity contribution >= 4 is 11.8 Å².